The zero-order valence-corrected chi connectivity index (χ0v) is 17.3. The number of carbonyl (C=O) groups excluding carboxylic acids is 1. The zero-order chi connectivity index (χ0) is 22.8. The van der Waals surface area contributed by atoms with Gasteiger partial charge in [0.2, 0.25) is 0 Å². The third-order valence-corrected chi connectivity index (χ3v) is 5.38. The molecule has 8 nitrogen and oxygen atoms in total. The molecule has 2 aromatic heterocycles. The summed E-state index contributed by atoms with van der Waals surface area (Å²) in [5.74, 6) is -1.73. The number of fused-ring (bicyclic) bond motifs is 1. The second kappa shape index (κ2) is 9.13. The summed E-state index contributed by atoms with van der Waals surface area (Å²) in [6, 6.07) is 3.78. The highest BCUT2D eigenvalue weighted by atomic mass is 19.4. The van der Waals surface area contributed by atoms with Gasteiger partial charge in [-0.05, 0) is 30.9 Å². The molecule has 11 heteroatoms. The van der Waals surface area contributed by atoms with E-state index in [4.69, 9.17) is 14.6 Å². The number of halogens is 3. The van der Waals surface area contributed by atoms with Gasteiger partial charge in [-0.1, -0.05) is 0 Å². The van der Waals surface area contributed by atoms with Gasteiger partial charge in [-0.15, -0.1) is 0 Å². The summed E-state index contributed by atoms with van der Waals surface area (Å²) in [5, 5.41) is 11.5. The van der Waals surface area contributed by atoms with Crippen LogP contribution in [0, 0.1) is 5.92 Å². The van der Waals surface area contributed by atoms with Crippen LogP contribution >= 0.6 is 0 Å². The highest BCUT2D eigenvalue weighted by molar-refractivity contribution is 5.93. The number of aryl methyl sites for hydroxylation is 2. The third kappa shape index (κ3) is 5.66. The van der Waals surface area contributed by atoms with Crippen LogP contribution in [0.15, 0.2) is 24.5 Å². The molecule has 1 unspecified atom stereocenters. The molecule has 0 aromatic carbocycles. The number of rotatable bonds is 5. The van der Waals surface area contributed by atoms with E-state index >= 15 is 0 Å². The molecule has 170 valence electrons. The van der Waals surface area contributed by atoms with E-state index in [-0.39, 0.29) is 11.8 Å². The van der Waals surface area contributed by atoms with Crippen molar-refractivity contribution in [2.45, 2.75) is 31.5 Å². The molecule has 3 heterocycles. The van der Waals surface area contributed by atoms with E-state index in [1.807, 2.05) is 52.8 Å². The Labute approximate surface area is 177 Å². The van der Waals surface area contributed by atoms with Crippen LogP contribution in [-0.4, -0.2) is 62.2 Å². The largest absolute Gasteiger partial charge is 0.490 e. The summed E-state index contributed by atoms with van der Waals surface area (Å²) in [7, 11) is 3.85. The van der Waals surface area contributed by atoms with Gasteiger partial charge in [0, 0.05) is 44.9 Å². The van der Waals surface area contributed by atoms with E-state index in [2.05, 4.69) is 5.10 Å². The number of aromatic nitrogens is 3. The molecule has 1 saturated carbocycles. The molecule has 0 radical (unpaired) electrons. The fourth-order valence-electron chi connectivity index (χ4n) is 3.43. The predicted molar refractivity (Wildman–Crippen MR) is 103 cm³/mol. The molecule has 0 spiro atoms. The van der Waals surface area contributed by atoms with Crippen molar-refractivity contribution in [2.24, 2.45) is 20.0 Å². The van der Waals surface area contributed by atoms with Gasteiger partial charge in [0.15, 0.2) is 0 Å². The summed E-state index contributed by atoms with van der Waals surface area (Å²) in [6.45, 7) is 2.80. The number of ether oxygens (including phenoxy) is 1. The predicted octanol–water partition coefficient (Wildman–Crippen LogP) is 2.56. The van der Waals surface area contributed by atoms with Crippen molar-refractivity contribution >= 4 is 11.9 Å². The molecule has 4 rings (SSSR count). The maximum absolute atomic E-state index is 12.9. The summed E-state index contributed by atoms with van der Waals surface area (Å²) in [4.78, 5) is 23.7. The lowest BCUT2D eigenvalue weighted by Gasteiger charge is -2.33. The second-order valence-corrected chi connectivity index (χ2v) is 7.84. The van der Waals surface area contributed by atoms with Gasteiger partial charge in [0.1, 0.15) is 5.69 Å². The lowest BCUT2D eigenvalue weighted by Crippen LogP contribution is -2.40. The Morgan fingerprint density at radius 3 is 2.48 bits per heavy atom. The molecule has 1 aliphatic carbocycles. The maximum atomic E-state index is 12.9. The van der Waals surface area contributed by atoms with Crippen molar-refractivity contribution in [3.05, 3.63) is 41.5 Å². The molecule has 2 aromatic rings. The van der Waals surface area contributed by atoms with Crippen LogP contribution in [0.3, 0.4) is 0 Å². The first-order valence-electron chi connectivity index (χ1n) is 9.87. The molecule has 1 atom stereocenters. The topological polar surface area (TPSA) is 89.6 Å². The molecular formula is C20H25F3N4O4. The van der Waals surface area contributed by atoms with Crippen LogP contribution < -0.4 is 0 Å². The minimum atomic E-state index is -5.08. The number of aliphatic carboxylic acids is 1. The SMILES string of the molecule is Cn1cccc1C(=O)N1Cc2c(cnn2C)C(COCC2CC2)C1.O=C(O)C(F)(F)F. The van der Waals surface area contributed by atoms with Crippen LogP contribution in [-0.2, 0) is 30.2 Å². The van der Waals surface area contributed by atoms with Gasteiger partial charge >= 0.3 is 12.1 Å². The highest BCUT2D eigenvalue weighted by Crippen LogP contribution is 2.32. The fraction of sp³-hybridized carbons (Fsp3) is 0.550. The number of nitrogens with zero attached hydrogens (tertiary/aromatic N) is 4. The first kappa shape index (κ1) is 22.9. The van der Waals surface area contributed by atoms with Gasteiger partial charge in [-0.2, -0.15) is 18.3 Å². The van der Waals surface area contributed by atoms with E-state index in [1.165, 1.54) is 18.4 Å². The van der Waals surface area contributed by atoms with Gasteiger partial charge < -0.3 is 19.3 Å². The van der Waals surface area contributed by atoms with E-state index in [1.54, 1.807) is 0 Å². The number of amides is 1. The highest BCUT2D eigenvalue weighted by Gasteiger charge is 2.38. The van der Waals surface area contributed by atoms with Crippen LogP contribution in [0.1, 0.15) is 40.5 Å². The number of hydrogen-bond donors (Lipinski definition) is 1. The van der Waals surface area contributed by atoms with Crippen molar-refractivity contribution < 1.29 is 32.6 Å². The molecule has 31 heavy (non-hydrogen) atoms. The second-order valence-electron chi connectivity index (χ2n) is 7.84. The number of alkyl halides is 3. The minimum Gasteiger partial charge on any atom is -0.475 e. The van der Waals surface area contributed by atoms with E-state index in [9.17, 15) is 18.0 Å². The Kier molecular flexibility index (Phi) is 6.73. The molecule has 2 aliphatic rings. The fourth-order valence-corrected chi connectivity index (χ4v) is 3.43. The molecule has 1 amide bonds. The van der Waals surface area contributed by atoms with Gasteiger partial charge in [0.25, 0.3) is 5.91 Å². The Bertz CT molecular complexity index is 933. The van der Waals surface area contributed by atoms with Gasteiger partial charge in [-0.3, -0.25) is 9.48 Å². The quantitative estimate of drug-likeness (QED) is 0.769. The smallest absolute Gasteiger partial charge is 0.475 e. The normalized spacial score (nSPS) is 18.2. The molecular weight excluding hydrogens is 417 g/mol. The molecule has 1 N–H and O–H groups in total. The standard InChI is InChI=1S/C18H24N4O2.C2HF3O2/c1-20-7-3-4-16(20)18(23)22-9-14(12-24-11-13-5-6-13)15-8-19-21(2)17(15)10-22;3-2(4,5)1(6)7/h3-4,7-8,13-14H,5-6,9-12H2,1-2H3;(H,6,7). The number of carboxylic acids is 1. The Morgan fingerprint density at radius 2 is 1.94 bits per heavy atom. The summed E-state index contributed by atoms with van der Waals surface area (Å²) < 4.78 is 41.4. The maximum Gasteiger partial charge on any atom is 0.490 e. The molecule has 1 fully saturated rings. The summed E-state index contributed by atoms with van der Waals surface area (Å²) >= 11 is 0. The zero-order valence-electron chi connectivity index (χ0n) is 17.3. The first-order chi connectivity index (χ1) is 14.6. The number of carboxylic acid groups (broad SMARTS) is 1. The Morgan fingerprint density at radius 1 is 1.26 bits per heavy atom. The Hall–Kier alpha value is -2.82. The van der Waals surface area contributed by atoms with Crippen molar-refractivity contribution in [3.8, 4) is 0 Å². The lowest BCUT2D eigenvalue weighted by molar-refractivity contribution is -0.192. The Balaban J connectivity index is 0.000000339. The van der Waals surface area contributed by atoms with Crippen molar-refractivity contribution in [2.75, 3.05) is 19.8 Å². The summed E-state index contributed by atoms with van der Waals surface area (Å²) in [6.07, 6.45) is 1.34. The van der Waals surface area contributed by atoms with Gasteiger partial charge in [-0.25, -0.2) is 4.79 Å². The lowest BCUT2D eigenvalue weighted by atomic mass is 9.95. The average Bonchev–Trinajstić information content (AvgIpc) is 3.31. The summed E-state index contributed by atoms with van der Waals surface area (Å²) in [5.41, 5.74) is 3.06. The van der Waals surface area contributed by atoms with Crippen LogP contribution in [0.25, 0.3) is 0 Å². The van der Waals surface area contributed by atoms with Crippen molar-refractivity contribution in [3.63, 3.8) is 0 Å². The van der Waals surface area contributed by atoms with E-state index < -0.39 is 12.1 Å². The first-order valence-corrected chi connectivity index (χ1v) is 9.87. The number of carbonyl (C=O) groups is 2. The molecule has 0 bridgehead atoms. The van der Waals surface area contributed by atoms with Crippen molar-refractivity contribution in [1.82, 2.24) is 19.2 Å². The van der Waals surface area contributed by atoms with Gasteiger partial charge in [0.05, 0.1) is 25.0 Å². The van der Waals surface area contributed by atoms with Crippen LogP contribution in [0.4, 0.5) is 13.2 Å². The third-order valence-electron chi connectivity index (χ3n) is 5.38. The van der Waals surface area contributed by atoms with Crippen LogP contribution in [0.5, 0.6) is 0 Å². The number of hydrogen-bond acceptors (Lipinski definition) is 4. The van der Waals surface area contributed by atoms with Crippen molar-refractivity contribution in [1.29, 1.82) is 0 Å². The monoisotopic (exact) mass is 442 g/mol. The average molecular weight is 442 g/mol. The molecule has 0 saturated heterocycles. The van der Waals surface area contributed by atoms with E-state index in [0.29, 0.717) is 19.7 Å². The molecule has 1 aliphatic heterocycles. The van der Waals surface area contributed by atoms with Crippen LogP contribution in [0.2, 0.25) is 0 Å². The minimum absolute atomic E-state index is 0.0709. The van der Waals surface area contributed by atoms with E-state index in [0.717, 1.165) is 23.9 Å².